The fraction of sp³-hybridized carbons (Fsp3) is 0.385. The molecule has 2 aromatic carbocycles. The zero-order chi connectivity index (χ0) is 25.7. The van der Waals surface area contributed by atoms with Crippen molar-refractivity contribution in [1.82, 2.24) is 14.5 Å². The van der Waals surface area contributed by atoms with Gasteiger partial charge in [-0.15, -0.1) is 0 Å². The van der Waals surface area contributed by atoms with Gasteiger partial charge in [0.2, 0.25) is 0 Å². The molecule has 0 radical (unpaired) electrons. The minimum absolute atomic E-state index is 0.00944. The van der Waals surface area contributed by atoms with E-state index in [-0.39, 0.29) is 24.4 Å². The molecule has 1 fully saturated rings. The summed E-state index contributed by atoms with van der Waals surface area (Å²) in [4.78, 5) is 19.4. The van der Waals surface area contributed by atoms with Gasteiger partial charge in [-0.1, -0.05) is 30.3 Å². The molecule has 0 aliphatic carbocycles. The van der Waals surface area contributed by atoms with E-state index >= 15 is 0 Å². The number of aryl methyl sites for hydroxylation is 1. The predicted octanol–water partition coefficient (Wildman–Crippen LogP) is 3.57. The minimum atomic E-state index is -3.49. The summed E-state index contributed by atoms with van der Waals surface area (Å²) in [6, 6.07) is 12.2. The number of aromatic nitrogens is 2. The van der Waals surface area contributed by atoms with Gasteiger partial charge >= 0.3 is 0 Å². The van der Waals surface area contributed by atoms with Gasteiger partial charge in [0, 0.05) is 44.6 Å². The lowest BCUT2D eigenvalue weighted by atomic mass is 9.99. The number of halogens is 1. The van der Waals surface area contributed by atoms with Crippen LogP contribution in [0, 0.1) is 5.82 Å². The van der Waals surface area contributed by atoms with E-state index in [1.54, 1.807) is 41.4 Å². The minimum Gasteiger partial charge on any atom is -0.381 e. The highest BCUT2D eigenvalue weighted by Gasteiger charge is 2.28. The topological polar surface area (TPSA) is 90.7 Å². The first-order valence-corrected chi connectivity index (χ1v) is 13.6. The molecular formula is C26H30FN3O5S. The second-order valence-corrected chi connectivity index (χ2v) is 10.6. The Morgan fingerprint density at radius 2 is 1.86 bits per heavy atom. The third kappa shape index (κ3) is 6.77. The Kier molecular flexibility index (Phi) is 8.17. The molecule has 0 spiro atoms. The quantitative estimate of drug-likeness (QED) is 0.405. The van der Waals surface area contributed by atoms with Crippen LogP contribution in [0.3, 0.4) is 0 Å². The SMILES string of the molecule is Cn1cnc(C(=O)N(Cc2ccc(F)c(-c3ccc(CCOS(C)(=O)=O)cc3)c2)C2CCOCC2)c1. The van der Waals surface area contributed by atoms with Gasteiger partial charge in [0.25, 0.3) is 16.0 Å². The van der Waals surface area contributed by atoms with Crippen LogP contribution in [0.5, 0.6) is 0 Å². The first-order valence-electron chi connectivity index (χ1n) is 11.8. The van der Waals surface area contributed by atoms with E-state index in [0.29, 0.717) is 43.0 Å². The molecule has 36 heavy (non-hydrogen) atoms. The molecule has 1 saturated heterocycles. The lowest BCUT2D eigenvalue weighted by molar-refractivity contribution is 0.0264. The Labute approximate surface area is 210 Å². The molecule has 10 heteroatoms. The van der Waals surface area contributed by atoms with Crippen LogP contribution >= 0.6 is 0 Å². The average molecular weight is 516 g/mol. The highest BCUT2D eigenvalue weighted by Crippen LogP contribution is 2.27. The predicted molar refractivity (Wildman–Crippen MR) is 133 cm³/mol. The molecule has 8 nitrogen and oxygen atoms in total. The van der Waals surface area contributed by atoms with Crippen molar-refractivity contribution in [2.75, 3.05) is 26.1 Å². The van der Waals surface area contributed by atoms with Gasteiger partial charge in [-0.2, -0.15) is 8.42 Å². The van der Waals surface area contributed by atoms with Crippen LogP contribution in [0.25, 0.3) is 11.1 Å². The van der Waals surface area contributed by atoms with Crippen molar-refractivity contribution in [1.29, 1.82) is 0 Å². The summed E-state index contributed by atoms with van der Waals surface area (Å²) in [6.07, 6.45) is 6.20. The normalized spacial score (nSPS) is 14.6. The van der Waals surface area contributed by atoms with E-state index in [1.165, 1.54) is 6.07 Å². The lowest BCUT2D eigenvalue weighted by Crippen LogP contribution is -2.43. The van der Waals surface area contributed by atoms with Crippen molar-refractivity contribution in [3.05, 3.63) is 77.6 Å². The molecule has 1 amide bonds. The molecule has 0 saturated carbocycles. The summed E-state index contributed by atoms with van der Waals surface area (Å²) in [6.45, 7) is 1.56. The van der Waals surface area contributed by atoms with Gasteiger partial charge in [-0.25, -0.2) is 9.37 Å². The highest BCUT2D eigenvalue weighted by atomic mass is 32.2. The first kappa shape index (κ1) is 26.0. The van der Waals surface area contributed by atoms with E-state index < -0.39 is 10.1 Å². The standard InChI is InChI=1S/C26H30FN3O5S/c1-29-17-25(28-18-29)26(31)30(22-10-12-34-13-11-22)16-20-5-8-24(27)23(15-20)21-6-3-19(4-7-21)9-14-35-36(2,32)33/h3-8,15,17-18,22H,9-14,16H2,1-2H3. The first-order chi connectivity index (χ1) is 17.2. The number of carbonyl (C=O) groups is 1. The molecule has 0 N–H and O–H groups in total. The second kappa shape index (κ2) is 11.3. The monoisotopic (exact) mass is 515 g/mol. The van der Waals surface area contributed by atoms with Crippen molar-refractivity contribution in [2.24, 2.45) is 7.05 Å². The average Bonchev–Trinajstić information content (AvgIpc) is 3.30. The van der Waals surface area contributed by atoms with Gasteiger partial charge < -0.3 is 14.2 Å². The van der Waals surface area contributed by atoms with E-state index in [4.69, 9.17) is 8.92 Å². The summed E-state index contributed by atoms with van der Waals surface area (Å²) in [5.41, 5.74) is 3.19. The zero-order valence-corrected chi connectivity index (χ0v) is 21.2. The molecule has 1 aromatic heterocycles. The maximum absolute atomic E-state index is 14.8. The molecule has 0 bridgehead atoms. The lowest BCUT2D eigenvalue weighted by Gasteiger charge is -2.34. The van der Waals surface area contributed by atoms with Crippen LogP contribution < -0.4 is 0 Å². The summed E-state index contributed by atoms with van der Waals surface area (Å²) in [5, 5.41) is 0. The van der Waals surface area contributed by atoms with E-state index in [1.807, 2.05) is 24.1 Å². The van der Waals surface area contributed by atoms with Crippen LogP contribution in [0.2, 0.25) is 0 Å². The summed E-state index contributed by atoms with van der Waals surface area (Å²) < 4.78 is 49.1. The molecule has 0 unspecified atom stereocenters. The van der Waals surface area contributed by atoms with Crippen molar-refractivity contribution in [2.45, 2.75) is 31.8 Å². The third-order valence-corrected chi connectivity index (χ3v) is 6.75. The van der Waals surface area contributed by atoms with Crippen LogP contribution in [-0.2, 0) is 39.1 Å². The van der Waals surface area contributed by atoms with Crippen LogP contribution in [-0.4, -0.2) is 60.9 Å². The molecule has 1 aliphatic heterocycles. The van der Waals surface area contributed by atoms with Crippen LogP contribution in [0.15, 0.2) is 55.0 Å². The van der Waals surface area contributed by atoms with E-state index in [9.17, 15) is 17.6 Å². The fourth-order valence-corrected chi connectivity index (χ4v) is 4.67. The Balaban J connectivity index is 1.54. The maximum atomic E-state index is 14.8. The number of nitrogens with zero attached hydrogens (tertiary/aromatic N) is 3. The van der Waals surface area contributed by atoms with Crippen LogP contribution in [0.4, 0.5) is 4.39 Å². The van der Waals surface area contributed by atoms with Gasteiger partial charge in [-0.3, -0.25) is 8.98 Å². The Hall–Kier alpha value is -3.08. The number of imidazole rings is 1. The smallest absolute Gasteiger partial charge is 0.274 e. The van der Waals surface area contributed by atoms with Crippen molar-refractivity contribution < 1.29 is 26.5 Å². The Morgan fingerprint density at radius 3 is 2.50 bits per heavy atom. The number of amides is 1. The summed E-state index contributed by atoms with van der Waals surface area (Å²) >= 11 is 0. The number of ether oxygens (including phenoxy) is 1. The molecule has 0 atom stereocenters. The van der Waals surface area contributed by atoms with Crippen LogP contribution in [0.1, 0.15) is 34.5 Å². The molecule has 4 rings (SSSR count). The molecule has 2 heterocycles. The summed E-state index contributed by atoms with van der Waals surface area (Å²) in [7, 11) is -1.67. The molecule has 3 aromatic rings. The third-order valence-electron chi connectivity index (χ3n) is 6.15. The largest absolute Gasteiger partial charge is 0.381 e. The Morgan fingerprint density at radius 1 is 1.17 bits per heavy atom. The van der Waals surface area contributed by atoms with Gasteiger partial charge in [-0.05, 0) is 48.1 Å². The highest BCUT2D eigenvalue weighted by molar-refractivity contribution is 7.85. The summed E-state index contributed by atoms with van der Waals surface area (Å²) in [5.74, 6) is -0.519. The second-order valence-electron chi connectivity index (χ2n) is 8.99. The zero-order valence-electron chi connectivity index (χ0n) is 20.4. The van der Waals surface area contributed by atoms with Crippen molar-refractivity contribution in [3.63, 3.8) is 0 Å². The molecular weight excluding hydrogens is 485 g/mol. The van der Waals surface area contributed by atoms with E-state index in [2.05, 4.69) is 4.98 Å². The van der Waals surface area contributed by atoms with Gasteiger partial charge in [0.1, 0.15) is 11.5 Å². The van der Waals surface area contributed by atoms with E-state index in [0.717, 1.165) is 30.2 Å². The van der Waals surface area contributed by atoms with Crippen molar-refractivity contribution >= 4 is 16.0 Å². The molecule has 192 valence electrons. The number of carbonyl (C=O) groups excluding carboxylic acids is 1. The fourth-order valence-electron chi connectivity index (χ4n) is 4.28. The maximum Gasteiger partial charge on any atom is 0.274 e. The number of hydrogen-bond donors (Lipinski definition) is 0. The number of benzene rings is 2. The number of hydrogen-bond acceptors (Lipinski definition) is 6. The Bertz CT molecular complexity index is 1300. The van der Waals surface area contributed by atoms with Gasteiger partial charge in [0.05, 0.1) is 19.2 Å². The van der Waals surface area contributed by atoms with Crippen molar-refractivity contribution in [3.8, 4) is 11.1 Å². The molecule has 1 aliphatic rings. The number of rotatable bonds is 9. The van der Waals surface area contributed by atoms with Gasteiger partial charge in [0.15, 0.2) is 0 Å².